The first-order valence-electron chi connectivity index (χ1n) is 14.5. The summed E-state index contributed by atoms with van der Waals surface area (Å²) in [6.45, 7) is 4.57. The van der Waals surface area contributed by atoms with Crippen LogP contribution in [0.2, 0.25) is 0 Å². The Kier molecular flexibility index (Phi) is 21.0. The molecule has 0 saturated carbocycles. The highest BCUT2D eigenvalue weighted by Crippen LogP contribution is 2.13. The minimum atomic E-state index is 0.953. The van der Waals surface area contributed by atoms with Crippen LogP contribution in [0, 0.1) is 6.33 Å². The molecule has 1 heterocycles. The Labute approximate surface area is 201 Å². The number of unbranched alkanes of at least 4 members (excludes halogenated alkanes) is 20. The van der Waals surface area contributed by atoms with E-state index in [9.17, 15) is 0 Å². The van der Waals surface area contributed by atoms with E-state index in [1.807, 2.05) is 0 Å². The third kappa shape index (κ3) is 18.6. The normalized spacial score (nSPS) is 11.3. The molecule has 0 spiro atoms. The van der Waals surface area contributed by atoms with Crippen LogP contribution in [0.25, 0.3) is 0 Å². The molecule has 1 aromatic heterocycles. The molecule has 0 saturated heterocycles. The van der Waals surface area contributed by atoms with Crippen LogP contribution in [0.1, 0.15) is 167 Å². The minimum absolute atomic E-state index is 0.953. The van der Waals surface area contributed by atoms with Crippen LogP contribution < -0.4 is 0 Å². The Bertz CT molecular complexity index is 462. The predicted octanol–water partition coefficient (Wildman–Crippen LogP) is 9.38. The van der Waals surface area contributed by atoms with Gasteiger partial charge in [0, 0.05) is 12.8 Å². The number of hydrogen-bond donors (Lipinski definition) is 0. The molecule has 0 fully saturated rings. The van der Waals surface area contributed by atoms with Crippen LogP contribution in [0.3, 0.4) is 0 Å². The third-order valence-electron chi connectivity index (χ3n) is 6.62. The van der Waals surface area contributed by atoms with Crippen molar-refractivity contribution in [3.63, 3.8) is 0 Å². The van der Waals surface area contributed by atoms with Gasteiger partial charge in [-0.1, -0.05) is 142 Å². The lowest BCUT2D eigenvalue weighted by atomic mass is 10.0. The third-order valence-corrected chi connectivity index (χ3v) is 6.62. The van der Waals surface area contributed by atoms with Crippen molar-refractivity contribution in [2.24, 2.45) is 0 Å². The monoisotopic (exact) mass is 444 g/mol. The zero-order valence-corrected chi connectivity index (χ0v) is 21.8. The molecule has 3 heteroatoms. The van der Waals surface area contributed by atoms with Gasteiger partial charge in [0.05, 0.1) is 0 Å². The second kappa shape index (κ2) is 23.2. The summed E-state index contributed by atoms with van der Waals surface area (Å²) in [5.41, 5.74) is 0. The molecule has 0 aromatic carbocycles. The van der Waals surface area contributed by atoms with Crippen molar-refractivity contribution >= 4 is 0 Å². The molecule has 0 amide bonds. The molecule has 0 aliphatic carbocycles. The second-order valence-electron chi connectivity index (χ2n) is 9.84. The SMILES string of the molecule is CCCCCCCCCCCCCc1n[c]nc(CCCCCCCCCCCCC)n1. The largest absolute Gasteiger partial charge is 0.218 e. The highest BCUT2D eigenvalue weighted by atomic mass is 15.0. The standard InChI is InChI=1S/C29H54N3/c1-3-5-7-9-11-13-15-17-19-21-23-25-28-30-27-31-29(32-28)26-24-22-20-18-16-14-12-10-8-6-4-2/h3-26H2,1-2H3. The fourth-order valence-electron chi connectivity index (χ4n) is 4.46. The molecule has 0 aliphatic heterocycles. The Morgan fingerprint density at radius 1 is 0.406 bits per heavy atom. The van der Waals surface area contributed by atoms with Crippen molar-refractivity contribution in [3.8, 4) is 0 Å². The van der Waals surface area contributed by atoms with Crippen molar-refractivity contribution in [2.45, 2.75) is 168 Å². The molecule has 0 aliphatic rings. The summed E-state index contributed by atoms with van der Waals surface area (Å²) in [7, 11) is 0. The van der Waals surface area contributed by atoms with Crippen molar-refractivity contribution < 1.29 is 0 Å². The highest BCUT2D eigenvalue weighted by molar-refractivity contribution is 4.90. The number of aromatic nitrogens is 3. The molecule has 0 bridgehead atoms. The summed E-state index contributed by atoms with van der Waals surface area (Å²) in [4.78, 5) is 13.2. The van der Waals surface area contributed by atoms with Crippen molar-refractivity contribution in [1.29, 1.82) is 0 Å². The summed E-state index contributed by atoms with van der Waals surface area (Å²) in [6, 6.07) is 0. The van der Waals surface area contributed by atoms with Gasteiger partial charge in [0.2, 0.25) is 6.33 Å². The Morgan fingerprint density at radius 2 is 0.688 bits per heavy atom. The molecular weight excluding hydrogens is 390 g/mol. The summed E-state index contributed by atoms with van der Waals surface area (Å²) in [5.74, 6) is 1.91. The first kappa shape index (κ1) is 29.0. The summed E-state index contributed by atoms with van der Waals surface area (Å²) >= 11 is 0. The van der Waals surface area contributed by atoms with E-state index < -0.39 is 0 Å². The van der Waals surface area contributed by atoms with Gasteiger partial charge in [0.25, 0.3) is 0 Å². The number of rotatable bonds is 24. The predicted molar refractivity (Wildman–Crippen MR) is 139 cm³/mol. The fraction of sp³-hybridized carbons (Fsp3) is 0.897. The fourth-order valence-corrected chi connectivity index (χ4v) is 4.46. The Morgan fingerprint density at radius 3 is 1.00 bits per heavy atom. The molecule has 0 atom stereocenters. The van der Waals surface area contributed by atoms with Crippen LogP contribution in [-0.4, -0.2) is 15.0 Å². The maximum absolute atomic E-state index is 4.68. The number of aryl methyl sites for hydroxylation is 2. The van der Waals surface area contributed by atoms with E-state index in [4.69, 9.17) is 0 Å². The molecular formula is C29H54N3. The van der Waals surface area contributed by atoms with Gasteiger partial charge in [-0.15, -0.1) is 0 Å². The van der Waals surface area contributed by atoms with Crippen molar-refractivity contribution in [2.75, 3.05) is 0 Å². The Hall–Kier alpha value is -0.990. The van der Waals surface area contributed by atoms with E-state index in [0.29, 0.717) is 0 Å². The maximum Gasteiger partial charge on any atom is 0.201 e. The topological polar surface area (TPSA) is 38.7 Å². The molecule has 32 heavy (non-hydrogen) atoms. The lowest BCUT2D eigenvalue weighted by Gasteiger charge is -2.04. The Balaban J connectivity index is 1.94. The number of hydrogen-bond acceptors (Lipinski definition) is 3. The first-order valence-corrected chi connectivity index (χ1v) is 14.5. The second-order valence-corrected chi connectivity index (χ2v) is 9.84. The van der Waals surface area contributed by atoms with Gasteiger partial charge < -0.3 is 0 Å². The quantitative estimate of drug-likeness (QED) is 0.149. The molecule has 1 aromatic rings. The van der Waals surface area contributed by atoms with Gasteiger partial charge in [-0.3, -0.25) is 0 Å². The first-order chi connectivity index (χ1) is 15.9. The molecule has 185 valence electrons. The van der Waals surface area contributed by atoms with E-state index in [2.05, 4.69) is 35.1 Å². The van der Waals surface area contributed by atoms with E-state index in [0.717, 1.165) is 24.5 Å². The summed E-state index contributed by atoms with van der Waals surface area (Å²) in [6.07, 6.45) is 35.1. The van der Waals surface area contributed by atoms with E-state index in [1.165, 1.54) is 141 Å². The lowest BCUT2D eigenvalue weighted by Crippen LogP contribution is -2.03. The van der Waals surface area contributed by atoms with E-state index in [1.54, 1.807) is 0 Å². The van der Waals surface area contributed by atoms with Crippen LogP contribution in [0.4, 0.5) is 0 Å². The number of nitrogens with zero attached hydrogens (tertiary/aromatic N) is 3. The highest BCUT2D eigenvalue weighted by Gasteiger charge is 2.02. The lowest BCUT2D eigenvalue weighted by molar-refractivity contribution is 0.544. The van der Waals surface area contributed by atoms with Gasteiger partial charge in [-0.25, -0.2) is 15.0 Å². The zero-order valence-electron chi connectivity index (χ0n) is 21.8. The summed E-state index contributed by atoms with van der Waals surface area (Å²) < 4.78 is 0. The van der Waals surface area contributed by atoms with Crippen LogP contribution in [0.15, 0.2) is 0 Å². The van der Waals surface area contributed by atoms with Crippen LogP contribution in [0.5, 0.6) is 0 Å². The van der Waals surface area contributed by atoms with Gasteiger partial charge in [0.15, 0.2) is 0 Å². The molecule has 1 radical (unpaired) electrons. The van der Waals surface area contributed by atoms with Crippen molar-refractivity contribution in [3.05, 3.63) is 18.0 Å². The van der Waals surface area contributed by atoms with Gasteiger partial charge >= 0.3 is 0 Å². The molecule has 3 nitrogen and oxygen atoms in total. The van der Waals surface area contributed by atoms with Gasteiger partial charge in [-0.2, -0.15) is 0 Å². The average molecular weight is 445 g/mol. The van der Waals surface area contributed by atoms with E-state index in [-0.39, 0.29) is 0 Å². The summed E-state index contributed by atoms with van der Waals surface area (Å²) in [5, 5.41) is 0. The van der Waals surface area contributed by atoms with Gasteiger partial charge in [0.1, 0.15) is 11.6 Å². The molecule has 1 rings (SSSR count). The van der Waals surface area contributed by atoms with Crippen LogP contribution in [-0.2, 0) is 12.8 Å². The minimum Gasteiger partial charge on any atom is -0.218 e. The maximum atomic E-state index is 4.68. The van der Waals surface area contributed by atoms with Crippen molar-refractivity contribution in [1.82, 2.24) is 15.0 Å². The van der Waals surface area contributed by atoms with Gasteiger partial charge in [-0.05, 0) is 12.8 Å². The van der Waals surface area contributed by atoms with Crippen LogP contribution >= 0.6 is 0 Å². The smallest absolute Gasteiger partial charge is 0.201 e. The van der Waals surface area contributed by atoms with E-state index >= 15 is 0 Å². The zero-order chi connectivity index (χ0) is 23.0. The average Bonchev–Trinajstić information content (AvgIpc) is 2.81. The molecule has 0 unspecified atom stereocenters. The molecule has 0 N–H and O–H groups in total.